The zero-order valence-electron chi connectivity index (χ0n) is 16.8. The molecule has 2 rings (SSSR count). The van der Waals surface area contributed by atoms with Gasteiger partial charge in [0.25, 0.3) is 11.8 Å². The Morgan fingerprint density at radius 3 is 1.86 bits per heavy atom. The Kier molecular flexibility index (Phi) is 7.31. The molecule has 0 fully saturated rings. The largest absolute Gasteiger partial charge is 0.490 e. The summed E-state index contributed by atoms with van der Waals surface area (Å²) in [4.78, 5) is 24.8. The van der Waals surface area contributed by atoms with Gasteiger partial charge < -0.3 is 18.6 Å². The van der Waals surface area contributed by atoms with Gasteiger partial charge in [-0.1, -0.05) is 0 Å². The van der Waals surface area contributed by atoms with Gasteiger partial charge in [0.05, 0.1) is 25.4 Å². The smallest absolute Gasteiger partial charge is 0.273 e. The zero-order chi connectivity index (χ0) is 20.7. The molecular weight excluding hydrogens is 364 g/mol. The monoisotopic (exact) mass is 390 g/mol. The minimum atomic E-state index is -0.517. The SMILES string of the molecule is CCOc1cc(C(=O)NNC(=O)c2cc(C)oc2C)cc(OCC)c1OCC. The first kappa shape index (κ1) is 21.1. The van der Waals surface area contributed by atoms with Crippen LogP contribution in [0.3, 0.4) is 0 Å². The van der Waals surface area contributed by atoms with Crippen LogP contribution in [0.4, 0.5) is 0 Å². The van der Waals surface area contributed by atoms with Crippen LogP contribution in [0.25, 0.3) is 0 Å². The van der Waals surface area contributed by atoms with Crippen LogP contribution < -0.4 is 25.1 Å². The molecule has 1 aromatic heterocycles. The minimum Gasteiger partial charge on any atom is -0.490 e. The van der Waals surface area contributed by atoms with Crippen LogP contribution in [-0.2, 0) is 0 Å². The average Bonchev–Trinajstić information content (AvgIpc) is 3.00. The molecule has 0 aliphatic rings. The molecule has 8 heteroatoms. The third-order valence-electron chi connectivity index (χ3n) is 3.75. The molecule has 0 bridgehead atoms. The van der Waals surface area contributed by atoms with Gasteiger partial charge in [0.1, 0.15) is 11.5 Å². The first-order chi connectivity index (χ1) is 13.4. The van der Waals surface area contributed by atoms with Gasteiger partial charge in [-0.3, -0.25) is 20.4 Å². The molecule has 0 aliphatic heterocycles. The highest BCUT2D eigenvalue weighted by Gasteiger charge is 2.19. The highest BCUT2D eigenvalue weighted by atomic mass is 16.5. The van der Waals surface area contributed by atoms with E-state index in [4.69, 9.17) is 18.6 Å². The highest BCUT2D eigenvalue weighted by molar-refractivity contribution is 6.00. The topological polar surface area (TPSA) is 99.0 Å². The quantitative estimate of drug-likeness (QED) is 0.672. The molecule has 1 aromatic carbocycles. The van der Waals surface area contributed by atoms with Crippen LogP contribution in [0, 0.1) is 13.8 Å². The summed E-state index contributed by atoms with van der Waals surface area (Å²) in [6.07, 6.45) is 0. The molecule has 0 spiro atoms. The normalized spacial score (nSPS) is 10.3. The van der Waals surface area contributed by atoms with Crippen LogP contribution in [0.1, 0.15) is 53.0 Å². The molecule has 2 aromatic rings. The Balaban J connectivity index is 2.21. The summed E-state index contributed by atoms with van der Waals surface area (Å²) >= 11 is 0. The third kappa shape index (κ3) is 4.97. The number of nitrogens with one attached hydrogen (secondary N) is 2. The number of carbonyl (C=O) groups is 2. The van der Waals surface area contributed by atoms with Gasteiger partial charge >= 0.3 is 0 Å². The van der Waals surface area contributed by atoms with E-state index in [2.05, 4.69) is 10.9 Å². The van der Waals surface area contributed by atoms with E-state index >= 15 is 0 Å². The van der Waals surface area contributed by atoms with Crippen molar-refractivity contribution in [2.45, 2.75) is 34.6 Å². The number of amides is 2. The summed E-state index contributed by atoms with van der Waals surface area (Å²) in [6, 6.07) is 4.70. The lowest BCUT2D eigenvalue weighted by atomic mass is 10.1. The lowest BCUT2D eigenvalue weighted by Crippen LogP contribution is -2.41. The maximum atomic E-state index is 12.6. The Bertz CT molecular complexity index is 816. The second kappa shape index (κ2) is 9.68. The number of hydrogen-bond donors (Lipinski definition) is 2. The fourth-order valence-electron chi connectivity index (χ4n) is 2.63. The fourth-order valence-corrected chi connectivity index (χ4v) is 2.63. The van der Waals surface area contributed by atoms with E-state index in [1.54, 1.807) is 32.0 Å². The Hall–Kier alpha value is -3.16. The number of rotatable bonds is 8. The van der Waals surface area contributed by atoms with Gasteiger partial charge in [-0.25, -0.2) is 0 Å². The summed E-state index contributed by atoms with van der Waals surface area (Å²) in [6.45, 7) is 10.1. The maximum absolute atomic E-state index is 12.6. The van der Waals surface area contributed by atoms with Gasteiger partial charge in [0.15, 0.2) is 11.5 Å². The summed E-state index contributed by atoms with van der Waals surface area (Å²) in [5, 5.41) is 0. The predicted molar refractivity (Wildman–Crippen MR) is 103 cm³/mol. The molecule has 0 atom stereocenters. The number of furan rings is 1. The Labute approximate surface area is 164 Å². The van der Waals surface area contributed by atoms with Crippen LogP contribution in [0.5, 0.6) is 17.2 Å². The number of benzene rings is 1. The summed E-state index contributed by atoms with van der Waals surface area (Å²) in [7, 11) is 0. The minimum absolute atomic E-state index is 0.260. The number of carbonyl (C=O) groups excluding carboxylic acids is 2. The van der Waals surface area contributed by atoms with Crippen molar-refractivity contribution in [2.75, 3.05) is 19.8 Å². The molecule has 0 saturated heterocycles. The van der Waals surface area contributed by atoms with E-state index in [1.807, 2.05) is 20.8 Å². The molecule has 152 valence electrons. The number of hydrogen-bond acceptors (Lipinski definition) is 6. The van der Waals surface area contributed by atoms with Crippen molar-refractivity contribution in [2.24, 2.45) is 0 Å². The summed E-state index contributed by atoms with van der Waals surface area (Å²) in [5.74, 6) is 1.34. The van der Waals surface area contributed by atoms with E-state index in [9.17, 15) is 9.59 Å². The van der Waals surface area contributed by atoms with Crippen LogP contribution in [-0.4, -0.2) is 31.6 Å². The van der Waals surface area contributed by atoms with Gasteiger partial charge in [-0.2, -0.15) is 0 Å². The van der Waals surface area contributed by atoms with Crippen LogP contribution >= 0.6 is 0 Å². The summed E-state index contributed by atoms with van der Waals surface area (Å²) < 4.78 is 22.1. The van der Waals surface area contributed by atoms with E-state index < -0.39 is 11.8 Å². The van der Waals surface area contributed by atoms with Crippen molar-refractivity contribution in [1.82, 2.24) is 10.9 Å². The van der Waals surface area contributed by atoms with Crippen molar-refractivity contribution in [1.29, 1.82) is 0 Å². The van der Waals surface area contributed by atoms with Crippen molar-refractivity contribution < 1.29 is 28.2 Å². The van der Waals surface area contributed by atoms with E-state index in [-0.39, 0.29) is 5.56 Å². The van der Waals surface area contributed by atoms with E-state index in [0.717, 1.165) is 0 Å². The predicted octanol–water partition coefficient (Wildman–Crippen LogP) is 3.17. The van der Waals surface area contributed by atoms with Crippen molar-refractivity contribution in [3.05, 3.63) is 40.8 Å². The number of hydrazine groups is 1. The number of ether oxygens (including phenoxy) is 3. The van der Waals surface area contributed by atoms with Crippen molar-refractivity contribution in [3.8, 4) is 17.2 Å². The van der Waals surface area contributed by atoms with E-state index in [1.165, 1.54) is 0 Å². The molecule has 8 nitrogen and oxygen atoms in total. The molecule has 1 heterocycles. The fraction of sp³-hybridized carbons (Fsp3) is 0.400. The second-order valence-electron chi connectivity index (χ2n) is 5.84. The van der Waals surface area contributed by atoms with Crippen LogP contribution in [0.2, 0.25) is 0 Å². The van der Waals surface area contributed by atoms with Crippen LogP contribution in [0.15, 0.2) is 22.6 Å². The molecule has 0 radical (unpaired) electrons. The molecule has 0 aliphatic carbocycles. The molecular formula is C20H26N2O6. The summed E-state index contributed by atoms with van der Waals surface area (Å²) in [5.41, 5.74) is 5.39. The van der Waals surface area contributed by atoms with Gasteiger partial charge in [0.2, 0.25) is 5.75 Å². The lowest BCUT2D eigenvalue weighted by molar-refractivity contribution is 0.0845. The van der Waals surface area contributed by atoms with Crippen molar-refractivity contribution in [3.63, 3.8) is 0 Å². The van der Waals surface area contributed by atoms with Gasteiger partial charge in [-0.15, -0.1) is 0 Å². The Morgan fingerprint density at radius 1 is 0.857 bits per heavy atom. The average molecular weight is 390 g/mol. The second-order valence-corrected chi connectivity index (χ2v) is 5.84. The Morgan fingerprint density at radius 2 is 1.39 bits per heavy atom. The zero-order valence-corrected chi connectivity index (χ0v) is 16.8. The molecule has 2 N–H and O–H groups in total. The standard InChI is InChI=1S/C20H26N2O6/c1-6-25-16-10-14(11-17(26-7-2)18(16)27-8-3)19(23)21-22-20(24)15-9-12(4)28-13(15)5/h9-11H,6-8H2,1-5H3,(H,21,23)(H,22,24). The lowest BCUT2D eigenvalue weighted by Gasteiger charge is -2.17. The number of aryl methyl sites for hydroxylation is 2. The van der Waals surface area contributed by atoms with Gasteiger partial charge in [-0.05, 0) is 52.8 Å². The first-order valence-corrected chi connectivity index (χ1v) is 9.15. The van der Waals surface area contributed by atoms with Gasteiger partial charge in [0, 0.05) is 5.56 Å². The first-order valence-electron chi connectivity index (χ1n) is 9.15. The maximum Gasteiger partial charge on any atom is 0.273 e. The van der Waals surface area contributed by atoms with E-state index in [0.29, 0.717) is 54.2 Å². The highest BCUT2D eigenvalue weighted by Crippen LogP contribution is 2.39. The van der Waals surface area contributed by atoms with Crippen molar-refractivity contribution >= 4 is 11.8 Å². The molecule has 2 amide bonds. The molecule has 0 unspecified atom stereocenters. The molecule has 28 heavy (non-hydrogen) atoms. The third-order valence-corrected chi connectivity index (χ3v) is 3.75. The molecule has 0 saturated carbocycles.